The standard InChI is InChI=1S/C16H24N2O2S/c21-16(18-12-14-6-2-1-3-7-14)17-9-5-10-19-13-15-8-4-11-20-15/h1-3,6-7,15H,4-5,8-13H2,(H2,17,18,21)/t15-/m0/s1. The van der Waals surface area contributed by atoms with Crippen molar-refractivity contribution in [2.24, 2.45) is 0 Å². The maximum Gasteiger partial charge on any atom is 0.166 e. The summed E-state index contributed by atoms with van der Waals surface area (Å²) in [4.78, 5) is 0. The number of rotatable bonds is 8. The van der Waals surface area contributed by atoms with Crippen LogP contribution < -0.4 is 10.6 Å². The predicted octanol–water partition coefficient (Wildman–Crippen LogP) is 2.24. The van der Waals surface area contributed by atoms with Gasteiger partial charge >= 0.3 is 0 Å². The molecule has 0 saturated carbocycles. The molecule has 4 nitrogen and oxygen atoms in total. The lowest BCUT2D eigenvalue weighted by molar-refractivity contribution is 0.0168. The van der Waals surface area contributed by atoms with Crippen LogP contribution >= 0.6 is 12.2 Å². The summed E-state index contributed by atoms with van der Waals surface area (Å²) < 4.78 is 11.1. The Morgan fingerprint density at radius 1 is 1.29 bits per heavy atom. The number of thiocarbonyl (C=S) groups is 1. The van der Waals surface area contributed by atoms with Gasteiger partial charge in [0.2, 0.25) is 0 Å². The van der Waals surface area contributed by atoms with E-state index in [1.165, 1.54) is 5.56 Å². The van der Waals surface area contributed by atoms with Crippen LogP contribution in [-0.2, 0) is 16.0 Å². The van der Waals surface area contributed by atoms with Crippen LogP contribution in [0.5, 0.6) is 0 Å². The van der Waals surface area contributed by atoms with Crippen molar-refractivity contribution in [3.63, 3.8) is 0 Å². The minimum absolute atomic E-state index is 0.312. The van der Waals surface area contributed by atoms with Crippen molar-refractivity contribution >= 4 is 17.3 Å². The highest BCUT2D eigenvalue weighted by Gasteiger charge is 2.14. The van der Waals surface area contributed by atoms with Gasteiger partial charge in [-0.3, -0.25) is 0 Å². The molecule has 1 fully saturated rings. The van der Waals surface area contributed by atoms with E-state index < -0.39 is 0 Å². The molecule has 1 saturated heterocycles. The fourth-order valence-corrected chi connectivity index (χ4v) is 2.38. The first-order chi connectivity index (χ1) is 10.3. The monoisotopic (exact) mass is 308 g/mol. The molecular formula is C16H24N2O2S. The highest BCUT2D eigenvalue weighted by molar-refractivity contribution is 7.80. The van der Waals surface area contributed by atoms with E-state index in [9.17, 15) is 0 Å². The van der Waals surface area contributed by atoms with Gasteiger partial charge in [0.1, 0.15) is 0 Å². The van der Waals surface area contributed by atoms with Gasteiger partial charge in [-0.2, -0.15) is 0 Å². The molecule has 21 heavy (non-hydrogen) atoms. The summed E-state index contributed by atoms with van der Waals surface area (Å²) >= 11 is 5.24. The van der Waals surface area contributed by atoms with Gasteiger partial charge in [-0.15, -0.1) is 0 Å². The summed E-state index contributed by atoms with van der Waals surface area (Å²) in [5.41, 5.74) is 1.22. The summed E-state index contributed by atoms with van der Waals surface area (Å²) in [6, 6.07) is 10.2. The fourth-order valence-electron chi connectivity index (χ4n) is 2.21. The average molecular weight is 308 g/mol. The first kappa shape index (κ1) is 16.2. The van der Waals surface area contributed by atoms with Crippen molar-refractivity contribution < 1.29 is 9.47 Å². The summed E-state index contributed by atoms with van der Waals surface area (Å²) in [5, 5.41) is 7.08. The van der Waals surface area contributed by atoms with Crippen LogP contribution in [0.25, 0.3) is 0 Å². The Balaban J connectivity index is 1.44. The lowest BCUT2D eigenvalue weighted by atomic mass is 10.2. The minimum atomic E-state index is 0.312. The van der Waals surface area contributed by atoms with Crippen LogP contribution in [0.1, 0.15) is 24.8 Å². The molecule has 2 rings (SSSR count). The third-order valence-electron chi connectivity index (χ3n) is 3.37. The van der Waals surface area contributed by atoms with Gasteiger partial charge in [-0.05, 0) is 37.0 Å². The number of benzene rings is 1. The lowest BCUT2D eigenvalue weighted by Gasteiger charge is -2.12. The Labute approximate surface area is 132 Å². The molecule has 0 aromatic heterocycles. The van der Waals surface area contributed by atoms with Gasteiger partial charge in [-0.1, -0.05) is 30.3 Å². The molecule has 116 valence electrons. The van der Waals surface area contributed by atoms with Gasteiger partial charge in [0.25, 0.3) is 0 Å². The van der Waals surface area contributed by atoms with Crippen molar-refractivity contribution in [1.82, 2.24) is 10.6 Å². The number of nitrogens with one attached hydrogen (secondary N) is 2. The van der Waals surface area contributed by atoms with Crippen LogP contribution in [0.4, 0.5) is 0 Å². The van der Waals surface area contributed by atoms with Crippen LogP contribution in [0.3, 0.4) is 0 Å². The molecule has 1 aromatic carbocycles. The van der Waals surface area contributed by atoms with E-state index >= 15 is 0 Å². The zero-order chi connectivity index (χ0) is 14.8. The van der Waals surface area contributed by atoms with Gasteiger partial charge < -0.3 is 20.1 Å². The average Bonchev–Trinajstić information content (AvgIpc) is 3.03. The Bertz CT molecular complexity index is 408. The summed E-state index contributed by atoms with van der Waals surface area (Å²) in [5.74, 6) is 0. The second-order valence-corrected chi connectivity index (χ2v) is 5.57. The highest BCUT2D eigenvalue weighted by atomic mass is 32.1. The maximum absolute atomic E-state index is 5.60. The van der Waals surface area contributed by atoms with E-state index in [-0.39, 0.29) is 0 Å². The molecule has 0 amide bonds. The number of hydrogen-bond acceptors (Lipinski definition) is 3. The van der Waals surface area contributed by atoms with Gasteiger partial charge in [0, 0.05) is 26.3 Å². The van der Waals surface area contributed by atoms with Crippen molar-refractivity contribution in [2.45, 2.75) is 31.9 Å². The molecule has 1 heterocycles. The van der Waals surface area contributed by atoms with E-state index in [1.54, 1.807) is 0 Å². The lowest BCUT2D eigenvalue weighted by Crippen LogP contribution is -2.35. The van der Waals surface area contributed by atoms with Gasteiger partial charge in [0.15, 0.2) is 5.11 Å². The molecule has 2 N–H and O–H groups in total. The van der Waals surface area contributed by atoms with Gasteiger partial charge in [-0.25, -0.2) is 0 Å². The Hall–Kier alpha value is -1.17. The zero-order valence-corrected chi connectivity index (χ0v) is 13.2. The first-order valence-electron chi connectivity index (χ1n) is 7.59. The van der Waals surface area contributed by atoms with Crippen molar-refractivity contribution in [3.8, 4) is 0 Å². The molecule has 0 unspecified atom stereocenters. The molecule has 5 heteroatoms. The van der Waals surface area contributed by atoms with Crippen LogP contribution in [-0.4, -0.2) is 37.6 Å². The summed E-state index contributed by atoms with van der Waals surface area (Å²) in [6.45, 7) is 3.93. The van der Waals surface area contributed by atoms with Crippen LogP contribution in [0.15, 0.2) is 30.3 Å². The Morgan fingerprint density at radius 2 is 2.14 bits per heavy atom. The van der Waals surface area contributed by atoms with Crippen LogP contribution in [0.2, 0.25) is 0 Å². The van der Waals surface area contributed by atoms with Crippen molar-refractivity contribution in [1.29, 1.82) is 0 Å². The largest absolute Gasteiger partial charge is 0.379 e. The van der Waals surface area contributed by atoms with Gasteiger partial charge in [0.05, 0.1) is 12.7 Å². The van der Waals surface area contributed by atoms with Crippen LogP contribution in [0, 0.1) is 0 Å². The third kappa shape index (κ3) is 6.89. The Kier molecular flexibility index (Phi) is 7.49. The molecule has 1 atom stereocenters. The third-order valence-corrected chi connectivity index (χ3v) is 3.66. The molecule has 1 aromatic rings. The second-order valence-electron chi connectivity index (χ2n) is 5.16. The highest BCUT2D eigenvalue weighted by Crippen LogP contribution is 2.11. The second kappa shape index (κ2) is 9.71. The molecule has 1 aliphatic rings. The van der Waals surface area contributed by atoms with E-state index in [0.29, 0.717) is 11.2 Å². The van der Waals surface area contributed by atoms with E-state index in [0.717, 1.165) is 52.2 Å². The number of hydrogen-bond donors (Lipinski definition) is 2. The Morgan fingerprint density at radius 3 is 2.90 bits per heavy atom. The van der Waals surface area contributed by atoms with E-state index in [2.05, 4.69) is 22.8 Å². The summed E-state index contributed by atoms with van der Waals surface area (Å²) in [6.07, 6.45) is 3.55. The van der Waals surface area contributed by atoms with E-state index in [1.807, 2.05) is 18.2 Å². The molecule has 0 radical (unpaired) electrons. The quantitative estimate of drug-likeness (QED) is 0.569. The molecule has 0 aliphatic carbocycles. The van der Waals surface area contributed by atoms with E-state index in [4.69, 9.17) is 21.7 Å². The zero-order valence-electron chi connectivity index (χ0n) is 12.3. The topological polar surface area (TPSA) is 42.5 Å². The fraction of sp³-hybridized carbons (Fsp3) is 0.562. The number of ether oxygens (including phenoxy) is 2. The predicted molar refractivity (Wildman–Crippen MR) is 88.3 cm³/mol. The molecule has 0 spiro atoms. The minimum Gasteiger partial charge on any atom is -0.379 e. The van der Waals surface area contributed by atoms with Crippen molar-refractivity contribution in [2.75, 3.05) is 26.4 Å². The first-order valence-corrected chi connectivity index (χ1v) is 8.00. The maximum atomic E-state index is 5.60. The van der Waals surface area contributed by atoms with Crippen molar-refractivity contribution in [3.05, 3.63) is 35.9 Å². The molecular weight excluding hydrogens is 284 g/mol. The molecule has 1 aliphatic heterocycles. The smallest absolute Gasteiger partial charge is 0.166 e. The molecule has 0 bridgehead atoms. The summed E-state index contributed by atoms with van der Waals surface area (Å²) in [7, 11) is 0. The SMILES string of the molecule is S=C(NCCCOC[C@@H]1CCCO1)NCc1ccccc1. The normalized spacial score (nSPS) is 17.6.